The smallest absolute Gasteiger partial charge is 0.335 e. The summed E-state index contributed by atoms with van der Waals surface area (Å²) in [5.41, 5.74) is 0.355. The van der Waals surface area contributed by atoms with E-state index in [9.17, 15) is 4.79 Å². The number of hydrogen-bond donors (Lipinski definition) is 0. The maximum absolute atomic E-state index is 11.1. The second-order valence-electron chi connectivity index (χ2n) is 3.43. The molecular formula is C12H22O5. The van der Waals surface area contributed by atoms with Crippen molar-refractivity contribution < 1.29 is 23.7 Å². The Hall–Kier alpha value is -0.910. The van der Waals surface area contributed by atoms with Crippen molar-refractivity contribution in [1.82, 2.24) is 0 Å². The van der Waals surface area contributed by atoms with Crippen LogP contribution in [0.15, 0.2) is 12.2 Å². The fourth-order valence-corrected chi connectivity index (χ4v) is 0.923. The minimum Gasteiger partial charge on any atom is -0.433 e. The van der Waals surface area contributed by atoms with Gasteiger partial charge in [0.05, 0.1) is 26.4 Å². The number of carbonyl (C=O) groups is 1. The second kappa shape index (κ2) is 10.3. The van der Waals surface area contributed by atoms with E-state index in [0.29, 0.717) is 38.6 Å². The molecule has 5 heteroatoms. The summed E-state index contributed by atoms with van der Waals surface area (Å²) in [4.78, 5) is 11.1. The van der Waals surface area contributed by atoms with E-state index < -0.39 is 12.3 Å². The van der Waals surface area contributed by atoms with Gasteiger partial charge in [-0.2, -0.15) is 0 Å². The average molecular weight is 246 g/mol. The standard InChI is InChI=1S/C12H22O5/c1-5-14-6-7-15-8-9-16-11(4)17-12(13)10(2)3/h11H,2,5-9H2,1,3-4H3. The summed E-state index contributed by atoms with van der Waals surface area (Å²) in [7, 11) is 0. The van der Waals surface area contributed by atoms with Crippen LogP contribution in [0.25, 0.3) is 0 Å². The molecule has 0 saturated carbocycles. The van der Waals surface area contributed by atoms with Gasteiger partial charge in [-0.3, -0.25) is 0 Å². The van der Waals surface area contributed by atoms with Crippen LogP contribution in [0.5, 0.6) is 0 Å². The fraction of sp³-hybridized carbons (Fsp3) is 0.750. The molecule has 0 radical (unpaired) electrons. The third-order valence-electron chi connectivity index (χ3n) is 1.78. The van der Waals surface area contributed by atoms with Crippen molar-refractivity contribution in [1.29, 1.82) is 0 Å². The largest absolute Gasteiger partial charge is 0.433 e. The Bertz CT molecular complexity index is 227. The predicted octanol–water partition coefficient (Wildman–Crippen LogP) is 1.52. The summed E-state index contributed by atoms with van der Waals surface area (Å²) in [6.45, 7) is 11.3. The van der Waals surface area contributed by atoms with E-state index in [1.54, 1.807) is 13.8 Å². The first kappa shape index (κ1) is 16.1. The summed E-state index contributed by atoms with van der Waals surface area (Å²) in [5, 5.41) is 0. The summed E-state index contributed by atoms with van der Waals surface area (Å²) >= 11 is 0. The van der Waals surface area contributed by atoms with Gasteiger partial charge in [0.25, 0.3) is 0 Å². The van der Waals surface area contributed by atoms with Crippen LogP contribution in [-0.2, 0) is 23.7 Å². The highest BCUT2D eigenvalue weighted by Gasteiger charge is 2.09. The van der Waals surface area contributed by atoms with E-state index in [0.717, 1.165) is 0 Å². The highest BCUT2D eigenvalue weighted by molar-refractivity contribution is 5.86. The Morgan fingerprint density at radius 3 is 2.35 bits per heavy atom. The number of carbonyl (C=O) groups excluding carboxylic acids is 1. The highest BCUT2D eigenvalue weighted by Crippen LogP contribution is 1.99. The molecule has 0 spiro atoms. The van der Waals surface area contributed by atoms with Crippen molar-refractivity contribution >= 4 is 5.97 Å². The molecule has 0 aliphatic carbocycles. The van der Waals surface area contributed by atoms with Crippen LogP contribution in [-0.4, -0.2) is 45.3 Å². The van der Waals surface area contributed by atoms with Gasteiger partial charge >= 0.3 is 5.97 Å². The SMILES string of the molecule is C=C(C)C(=O)OC(C)OCCOCCOCC. The number of hydrogen-bond acceptors (Lipinski definition) is 5. The second-order valence-corrected chi connectivity index (χ2v) is 3.43. The zero-order chi connectivity index (χ0) is 13.1. The van der Waals surface area contributed by atoms with Gasteiger partial charge in [-0.05, 0) is 20.8 Å². The van der Waals surface area contributed by atoms with E-state index in [2.05, 4.69) is 6.58 Å². The molecule has 0 N–H and O–H groups in total. The van der Waals surface area contributed by atoms with Crippen LogP contribution >= 0.6 is 0 Å². The van der Waals surface area contributed by atoms with Crippen molar-refractivity contribution in [2.24, 2.45) is 0 Å². The van der Waals surface area contributed by atoms with E-state index in [1.807, 2.05) is 6.92 Å². The molecule has 0 fully saturated rings. The molecule has 0 aliphatic heterocycles. The lowest BCUT2D eigenvalue weighted by Crippen LogP contribution is -2.20. The molecule has 0 aromatic rings. The molecule has 5 nitrogen and oxygen atoms in total. The molecule has 0 aromatic heterocycles. The van der Waals surface area contributed by atoms with Crippen molar-refractivity contribution in [2.75, 3.05) is 33.0 Å². The molecule has 0 saturated heterocycles. The van der Waals surface area contributed by atoms with Crippen LogP contribution in [0, 0.1) is 0 Å². The van der Waals surface area contributed by atoms with Crippen molar-refractivity contribution in [3.8, 4) is 0 Å². The Morgan fingerprint density at radius 1 is 1.18 bits per heavy atom. The molecule has 0 heterocycles. The highest BCUT2D eigenvalue weighted by atomic mass is 16.7. The number of rotatable bonds is 10. The molecule has 0 aromatic carbocycles. The van der Waals surface area contributed by atoms with Gasteiger partial charge in [0, 0.05) is 12.2 Å². The molecule has 100 valence electrons. The molecule has 1 unspecified atom stereocenters. The Labute approximate surface area is 103 Å². The molecular weight excluding hydrogens is 224 g/mol. The summed E-state index contributed by atoms with van der Waals surface area (Å²) < 4.78 is 20.5. The van der Waals surface area contributed by atoms with Gasteiger partial charge in [0.2, 0.25) is 6.29 Å². The molecule has 0 rings (SSSR count). The normalized spacial score (nSPS) is 12.2. The van der Waals surface area contributed by atoms with Crippen molar-refractivity contribution in [3.05, 3.63) is 12.2 Å². The summed E-state index contributed by atoms with van der Waals surface area (Å²) in [6, 6.07) is 0. The van der Waals surface area contributed by atoms with Crippen LogP contribution in [0.4, 0.5) is 0 Å². The molecule has 0 aliphatic rings. The van der Waals surface area contributed by atoms with Gasteiger partial charge in [0.15, 0.2) is 0 Å². The number of ether oxygens (including phenoxy) is 4. The van der Waals surface area contributed by atoms with E-state index in [-0.39, 0.29) is 0 Å². The van der Waals surface area contributed by atoms with Gasteiger partial charge in [0.1, 0.15) is 0 Å². The fourth-order valence-electron chi connectivity index (χ4n) is 0.923. The van der Waals surface area contributed by atoms with Crippen LogP contribution in [0.2, 0.25) is 0 Å². The first-order valence-corrected chi connectivity index (χ1v) is 5.71. The molecule has 17 heavy (non-hydrogen) atoms. The quantitative estimate of drug-likeness (QED) is 0.253. The minimum atomic E-state index is -0.588. The first-order chi connectivity index (χ1) is 8.07. The van der Waals surface area contributed by atoms with E-state index >= 15 is 0 Å². The van der Waals surface area contributed by atoms with Crippen molar-refractivity contribution in [2.45, 2.75) is 27.1 Å². The third-order valence-corrected chi connectivity index (χ3v) is 1.78. The minimum absolute atomic E-state index is 0.355. The predicted molar refractivity (Wildman–Crippen MR) is 63.6 cm³/mol. The van der Waals surface area contributed by atoms with Crippen LogP contribution in [0.3, 0.4) is 0 Å². The summed E-state index contributed by atoms with van der Waals surface area (Å²) in [5.74, 6) is -0.449. The van der Waals surface area contributed by atoms with Crippen LogP contribution in [0.1, 0.15) is 20.8 Å². The van der Waals surface area contributed by atoms with Crippen molar-refractivity contribution in [3.63, 3.8) is 0 Å². The lowest BCUT2D eigenvalue weighted by molar-refractivity contribution is -0.172. The van der Waals surface area contributed by atoms with Gasteiger partial charge in [-0.25, -0.2) is 4.79 Å². The zero-order valence-corrected chi connectivity index (χ0v) is 10.9. The average Bonchev–Trinajstić information content (AvgIpc) is 2.27. The summed E-state index contributed by atoms with van der Waals surface area (Å²) in [6.07, 6.45) is -0.588. The topological polar surface area (TPSA) is 54.0 Å². The lowest BCUT2D eigenvalue weighted by atomic mass is 10.4. The Kier molecular flexibility index (Phi) is 9.71. The van der Waals surface area contributed by atoms with Crippen LogP contribution < -0.4 is 0 Å². The maximum atomic E-state index is 11.1. The Balaban J connectivity index is 3.36. The Morgan fingerprint density at radius 2 is 1.76 bits per heavy atom. The number of esters is 1. The molecule has 1 atom stereocenters. The zero-order valence-electron chi connectivity index (χ0n) is 10.9. The maximum Gasteiger partial charge on any atom is 0.335 e. The molecule has 0 bridgehead atoms. The van der Waals surface area contributed by atoms with Gasteiger partial charge in [-0.15, -0.1) is 0 Å². The lowest BCUT2D eigenvalue weighted by Gasteiger charge is -2.14. The third kappa shape index (κ3) is 9.99. The van der Waals surface area contributed by atoms with Gasteiger partial charge in [-0.1, -0.05) is 6.58 Å². The first-order valence-electron chi connectivity index (χ1n) is 5.71. The van der Waals surface area contributed by atoms with E-state index in [4.69, 9.17) is 18.9 Å². The van der Waals surface area contributed by atoms with Gasteiger partial charge < -0.3 is 18.9 Å². The monoisotopic (exact) mass is 246 g/mol. The van der Waals surface area contributed by atoms with E-state index in [1.165, 1.54) is 0 Å². The molecule has 0 amide bonds.